The summed E-state index contributed by atoms with van der Waals surface area (Å²) in [6.45, 7) is 5.10. The summed E-state index contributed by atoms with van der Waals surface area (Å²) in [5.41, 5.74) is 0.927. The second kappa shape index (κ2) is 7.60. The molecule has 2 aromatic carbocycles. The molecule has 2 heterocycles. The van der Waals surface area contributed by atoms with E-state index in [1.807, 2.05) is 32.0 Å². The lowest BCUT2D eigenvalue weighted by Crippen LogP contribution is -2.31. The van der Waals surface area contributed by atoms with Crippen LogP contribution in [0.15, 0.2) is 36.4 Å². The predicted octanol–water partition coefficient (Wildman–Crippen LogP) is 5.59. The number of rotatable bonds is 4. The summed E-state index contributed by atoms with van der Waals surface area (Å²) in [7, 11) is 0. The first-order valence-electron chi connectivity index (χ1n) is 9.02. The van der Waals surface area contributed by atoms with Gasteiger partial charge in [-0.3, -0.25) is 4.79 Å². The summed E-state index contributed by atoms with van der Waals surface area (Å²) >= 11 is 7.59. The monoisotopic (exact) mass is 419 g/mol. The molecule has 1 aliphatic heterocycles. The fourth-order valence-electron chi connectivity index (χ4n) is 3.28. The van der Waals surface area contributed by atoms with E-state index in [0.717, 1.165) is 5.56 Å². The molecule has 0 fully saturated rings. The van der Waals surface area contributed by atoms with Crippen LogP contribution in [0.25, 0.3) is 10.1 Å². The van der Waals surface area contributed by atoms with Gasteiger partial charge in [0.15, 0.2) is 11.5 Å². The summed E-state index contributed by atoms with van der Waals surface area (Å²) in [4.78, 5) is 13.3. The third kappa shape index (κ3) is 3.54. The van der Waals surface area contributed by atoms with E-state index in [9.17, 15) is 9.18 Å². The molecule has 7 heteroatoms. The van der Waals surface area contributed by atoms with Gasteiger partial charge in [0.05, 0.1) is 11.1 Å². The molecule has 0 bridgehead atoms. The lowest BCUT2D eigenvalue weighted by Gasteiger charge is -2.25. The van der Waals surface area contributed by atoms with Crippen molar-refractivity contribution in [2.24, 2.45) is 5.92 Å². The van der Waals surface area contributed by atoms with E-state index in [0.29, 0.717) is 44.7 Å². The maximum atomic E-state index is 13.5. The topological polar surface area (TPSA) is 47.6 Å². The minimum absolute atomic E-state index is 0.136. The number of nitrogens with one attached hydrogen (secondary N) is 1. The Balaban J connectivity index is 1.63. The van der Waals surface area contributed by atoms with Crippen molar-refractivity contribution in [3.63, 3.8) is 0 Å². The van der Waals surface area contributed by atoms with Crippen LogP contribution in [0.4, 0.5) is 4.39 Å². The van der Waals surface area contributed by atoms with Crippen molar-refractivity contribution in [2.45, 2.75) is 19.9 Å². The molecule has 0 aliphatic carbocycles. The molecule has 0 saturated carbocycles. The fraction of sp³-hybridized carbons (Fsp3) is 0.286. The normalized spacial score (nSPS) is 14.3. The molecule has 1 aliphatic rings. The number of carbonyl (C=O) groups excluding carboxylic acids is 1. The number of hydrogen-bond acceptors (Lipinski definition) is 4. The summed E-state index contributed by atoms with van der Waals surface area (Å²) < 4.78 is 25.4. The number of benzene rings is 2. The van der Waals surface area contributed by atoms with Gasteiger partial charge in [-0.25, -0.2) is 4.39 Å². The van der Waals surface area contributed by atoms with E-state index in [-0.39, 0.29) is 23.7 Å². The molecule has 1 amide bonds. The summed E-state index contributed by atoms with van der Waals surface area (Å²) in [6.07, 6.45) is 0. The van der Waals surface area contributed by atoms with Crippen molar-refractivity contribution in [2.75, 3.05) is 13.2 Å². The van der Waals surface area contributed by atoms with Gasteiger partial charge in [0, 0.05) is 10.1 Å². The molecule has 0 unspecified atom stereocenters. The Labute approximate surface area is 171 Å². The van der Waals surface area contributed by atoms with Crippen LogP contribution in [0.2, 0.25) is 5.02 Å². The number of fused-ring (bicyclic) bond motifs is 2. The zero-order valence-electron chi connectivity index (χ0n) is 15.4. The first-order valence-corrected chi connectivity index (χ1v) is 10.2. The molecule has 1 N–H and O–H groups in total. The number of ether oxygens (including phenoxy) is 2. The first kappa shape index (κ1) is 19.0. The number of hydrogen-bond donors (Lipinski definition) is 1. The fourth-order valence-corrected chi connectivity index (χ4v) is 4.73. The van der Waals surface area contributed by atoms with E-state index in [1.165, 1.54) is 23.5 Å². The van der Waals surface area contributed by atoms with Crippen molar-refractivity contribution >= 4 is 38.9 Å². The number of thiophene rings is 1. The molecule has 1 atom stereocenters. The maximum absolute atomic E-state index is 13.5. The Morgan fingerprint density at radius 3 is 2.64 bits per heavy atom. The number of amides is 1. The number of halogens is 2. The Morgan fingerprint density at radius 2 is 1.89 bits per heavy atom. The molecule has 4 nitrogen and oxygen atoms in total. The molecule has 28 heavy (non-hydrogen) atoms. The Hall–Kier alpha value is -2.31. The Bertz CT molecular complexity index is 1050. The van der Waals surface area contributed by atoms with Crippen molar-refractivity contribution in [1.82, 2.24) is 5.32 Å². The molecule has 146 valence electrons. The standard InChI is InChI=1S/C21H19ClFNO3S/c1-11(2)19(12-3-6-15-16(9-12)27-8-7-26-15)24-21(25)20-18(22)14-5-4-13(23)10-17(14)28-20/h3-6,9-11,19H,7-8H2,1-2H3,(H,24,25)/t19-/m1/s1. The van der Waals surface area contributed by atoms with Crippen molar-refractivity contribution in [3.05, 3.63) is 57.7 Å². The molecule has 0 saturated heterocycles. The molecule has 1 aromatic heterocycles. The lowest BCUT2D eigenvalue weighted by atomic mass is 9.95. The van der Waals surface area contributed by atoms with Crippen molar-refractivity contribution in [1.29, 1.82) is 0 Å². The second-order valence-electron chi connectivity index (χ2n) is 6.98. The zero-order chi connectivity index (χ0) is 19.8. The van der Waals surface area contributed by atoms with Crippen LogP contribution in [0, 0.1) is 11.7 Å². The highest BCUT2D eigenvalue weighted by molar-refractivity contribution is 7.21. The Morgan fingerprint density at radius 1 is 1.14 bits per heavy atom. The van der Waals surface area contributed by atoms with Gasteiger partial charge in [-0.15, -0.1) is 11.3 Å². The van der Waals surface area contributed by atoms with Crippen LogP contribution in [0.5, 0.6) is 11.5 Å². The second-order valence-corrected chi connectivity index (χ2v) is 8.41. The summed E-state index contributed by atoms with van der Waals surface area (Å²) in [5, 5.41) is 4.10. The summed E-state index contributed by atoms with van der Waals surface area (Å²) in [5.74, 6) is 0.892. The highest BCUT2D eigenvalue weighted by Gasteiger charge is 2.24. The van der Waals surface area contributed by atoms with Gasteiger partial charge in [-0.2, -0.15) is 0 Å². The van der Waals surface area contributed by atoms with Crippen LogP contribution in [-0.2, 0) is 0 Å². The van der Waals surface area contributed by atoms with Crippen LogP contribution in [0.3, 0.4) is 0 Å². The van der Waals surface area contributed by atoms with Gasteiger partial charge >= 0.3 is 0 Å². The minimum Gasteiger partial charge on any atom is -0.486 e. The highest BCUT2D eigenvalue weighted by Crippen LogP contribution is 2.37. The smallest absolute Gasteiger partial charge is 0.263 e. The zero-order valence-corrected chi connectivity index (χ0v) is 17.0. The average Bonchev–Trinajstić information content (AvgIpc) is 3.01. The average molecular weight is 420 g/mol. The number of carbonyl (C=O) groups is 1. The van der Waals surface area contributed by atoms with Gasteiger partial charge in [0.2, 0.25) is 0 Å². The third-order valence-electron chi connectivity index (χ3n) is 4.68. The largest absolute Gasteiger partial charge is 0.486 e. The quantitative estimate of drug-likeness (QED) is 0.599. The Kier molecular flexibility index (Phi) is 5.17. The van der Waals surface area contributed by atoms with Crippen molar-refractivity contribution < 1.29 is 18.7 Å². The minimum atomic E-state index is -0.353. The maximum Gasteiger partial charge on any atom is 0.263 e. The molecular weight excluding hydrogens is 401 g/mol. The SMILES string of the molecule is CC(C)[C@@H](NC(=O)c1sc2cc(F)ccc2c1Cl)c1ccc2c(c1)OCCO2. The summed E-state index contributed by atoms with van der Waals surface area (Å²) in [6, 6.07) is 9.79. The van der Waals surface area contributed by atoms with Gasteiger partial charge in [-0.05, 0) is 41.8 Å². The van der Waals surface area contributed by atoms with E-state index >= 15 is 0 Å². The molecule has 4 rings (SSSR count). The van der Waals surface area contributed by atoms with E-state index in [4.69, 9.17) is 21.1 Å². The third-order valence-corrected chi connectivity index (χ3v) is 6.33. The van der Waals surface area contributed by atoms with Crippen LogP contribution in [0.1, 0.15) is 35.1 Å². The molecule has 3 aromatic rings. The van der Waals surface area contributed by atoms with E-state index in [1.54, 1.807) is 6.07 Å². The molecule has 0 radical (unpaired) electrons. The van der Waals surface area contributed by atoms with Gasteiger partial charge in [0.25, 0.3) is 5.91 Å². The van der Waals surface area contributed by atoms with Crippen LogP contribution >= 0.6 is 22.9 Å². The van der Waals surface area contributed by atoms with Gasteiger partial charge in [-0.1, -0.05) is 31.5 Å². The predicted molar refractivity (Wildman–Crippen MR) is 109 cm³/mol. The lowest BCUT2D eigenvalue weighted by molar-refractivity contribution is 0.0929. The first-order chi connectivity index (χ1) is 13.4. The molecular formula is C21H19ClFNO3S. The van der Waals surface area contributed by atoms with Crippen LogP contribution < -0.4 is 14.8 Å². The van der Waals surface area contributed by atoms with Gasteiger partial charge in [0.1, 0.15) is 23.9 Å². The molecule has 0 spiro atoms. The van der Waals surface area contributed by atoms with Crippen molar-refractivity contribution in [3.8, 4) is 11.5 Å². The van der Waals surface area contributed by atoms with E-state index < -0.39 is 0 Å². The highest BCUT2D eigenvalue weighted by atomic mass is 35.5. The van der Waals surface area contributed by atoms with E-state index in [2.05, 4.69) is 5.32 Å². The van der Waals surface area contributed by atoms with Crippen LogP contribution in [-0.4, -0.2) is 19.1 Å². The van der Waals surface area contributed by atoms with Gasteiger partial charge < -0.3 is 14.8 Å².